The summed E-state index contributed by atoms with van der Waals surface area (Å²) >= 11 is 0. The largest absolute Gasteiger partial charge is 0.381 e. The second-order valence-electron chi connectivity index (χ2n) is 8.72. The highest BCUT2D eigenvalue weighted by atomic mass is 16.5. The number of hydrogen-bond donors (Lipinski definition) is 1. The molecule has 3 rings (SSSR count). The lowest BCUT2D eigenvalue weighted by Crippen LogP contribution is -2.68. The molecular formula is C18H34N2O. The normalized spacial score (nSPS) is 34.4. The van der Waals surface area contributed by atoms with Gasteiger partial charge in [-0.1, -0.05) is 40.0 Å². The Hall–Kier alpha value is -0.120. The molecule has 2 unspecified atom stereocenters. The molecule has 3 fully saturated rings. The molecule has 2 heterocycles. The lowest BCUT2D eigenvalue weighted by atomic mass is 9.75. The molecule has 0 aromatic heterocycles. The molecule has 1 spiro atoms. The van der Waals surface area contributed by atoms with Crippen molar-refractivity contribution in [2.75, 3.05) is 32.8 Å². The Labute approximate surface area is 130 Å². The van der Waals surface area contributed by atoms with E-state index >= 15 is 0 Å². The Morgan fingerprint density at radius 3 is 2.57 bits per heavy atom. The summed E-state index contributed by atoms with van der Waals surface area (Å²) in [6, 6.07) is 0.618. The maximum Gasteiger partial charge on any atom is 0.0507 e. The summed E-state index contributed by atoms with van der Waals surface area (Å²) in [5.41, 5.74) is 0.795. The van der Waals surface area contributed by atoms with Crippen molar-refractivity contribution in [1.29, 1.82) is 0 Å². The van der Waals surface area contributed by atoms with Crippen LogP contribution in [0, 0.1) is 11.3 Å². The quantitative estimate of drug-likeness (QED) is 0.847. The molecule has 122 valence electrons. The minimum atomic E-state index is 0.348. The number of rotatable bonds is 2. The highest BCUT2D eigenvalue weighted by Crippen LogP contribution is 2.38. The predicted molar refractivity (Wildman–Crippen MR) is 87.6 cm³/mol. The summed E-state index contributed by atoms with van der Waals surface area (Å²) in [5, 5.41) is 3.90. The fourth-order valence-electron chi connectivity index (χ4n) is 4.49. The number of piperazine rings is 1. The van der Waals surface area contributed by atoms with Gasteiger partial charge in [0.25, 0.3) is 0 Å². The zero-order chi connectivity index (χ0) is 14.9. The Balaban J connectivity index is 1.72. The highest BCUT2D eigenvalue weighted by Gasteiger charge is 2.45. The third-order valence-corrected chi connectivity index (χ3v) is 6.08. The maximum atomic E-state index is 5.63. The van der Waals surface area contributed by atoms with Gasteiger partial charge in [0.15, 0.2) is 0 Å². The zero-order valence-corrected chi connectivity index (χ0v) is 14.3. The van der Waals surface area contributed by atoms with Gasteiger partial charge in [-0.05, 0) is 30.6 Å². The summed E-state index contributed by atoms with van der Waals surface area (Å²) in [6.45, 7) is 12.8. The van der Waals surface area contributed by atoms with Crippen LogP contribution in [0.1, 0.15) is 59.3 Å². The number of nitrogens with one attached hydrogen (secondary N) is 1. The molecule has 0 amide bonds. The van der Waals surface area contributed by atoms with Crippen molar-refractivity contribution in [3.05, 3.63) is 0 Å². The van der Waals surface area contributed by atoms with Gasteiger partial charge >= 0.3 is 0 Å². The smallest absolute Gasteiger partial charge is 0.0507 e. The molecule has 1 saturated carbocycles. The van der Waals surface area contributed by atoms with Gasteiger partial charge in [0.2, 0.25) is 0 Å². The lowest BCUT2D eigenvalue weighted by Gasteiger charge is -2.55. The molecule has 1 N–H and O–H groups in total. The Morgan fingerprint density at radius 2 is 1.95 bits per heavy atom. The van der Waals surface area contributed by atoms with Gasteiger partial charge in [-0.3, -0.25) is 4.90 Å². The van der Waals surface area contributed by atoms with E-state index in [0.29, 0.717) is 17.0 Å². The molecule has 2 saturated heterocycles. The zero-order valence-electron chi connectivity index (χ0n) is 14.3. The van der Waals surface area contributed by atoms with Gasteiger partial charge < -0.3 is 10.1 Å². The first kappa shape index (κ1) is 15.8. The first-order chi connectivity index (χ1) is 10.00. The van der Waals surface area contributed by atoms with E-state index in [9.17, 15) is 0 Å². The highest BCUT2D eigenvalue weighted by molar-refractivity contribution is 5.03. The van der Waals surface area contributed by atoms with Gasteiger partial charge in [0, 0.05) is 37.8 Å². The third kappa shape index (κ3) is 3.46. The summed E-state index contributed by atoms with van der Waals surface area (Å²) in [6.07, 6.45) is 8.32. The SMILES string of the molecule is CC(C)(C)C1CN(CC2CCOC2)C2(CCCCC2)CN1. The van der Waals surface area contributed by atoms with Gasteiger partial charge in [-0.15, -0.1) is 0 Å². The van der Waals surface area contributed by atoms with Crippen LogP contribution < -0.4 is 5.32 Å². The lowest BCUT2D eigenvalue weighted by molar-refractivity contribution is -0.0203. The van der Waals surface area contributed by atoms with E-state index in [2.05, 4.69) is 31.0 Å². The van der Waals surface area contributed by atoms with Gasteiger partial charge in [-0.2, -0.15) is 0 Å². The molecule has 0 radical (unpaired) electrons. The van der Waals surface area contributed by atoms with Crippen LogP contribution in [-0.2, 0) is 4.74 Å². The molecule has 0 bridgehead atoms. The molecule has 3 heteroatoms. The molecular weight excluding hydrogens is 260 g/mol. The average molecular weight is 294 g/mol. The van der Waals surface area contributed by atoms with Gasteiger partial charge in [-0.25, -0.2) is 0 Å². The summed E-state index contributed by atoms with van der Waals surface area (Å²) < 4.78 is 5.63. The van der Waals surface area contributed by atoms with Crippen LogP contribution in [0.5, 0.6) is 0 Å². The van der Waals surface area contributed by atoms with E-state index in [1.807, 2.05) is 0 Å². The second-order valence-corrected chi connectivity index (χ2v) is 8.72. The Bertz CT molecular complexity index is 338. The molecule has 3 aliphatic rings. The minimum absolute atomic E-state index is 0.348. The van der Waals surface area contributed by atoms with Gasteiger partial charge in [0.1, 0.15) is 0 Å². The molecule has 0 aromatic rings. The van der Waals surface area contributed by atoms with Crippen molar-refractivity contribution in [1.82, 2.24) is 10.2 Å². The van der Waals surface area contributed by atoms with Crippen LogP contribution in [0.15, 0.2) is 0 Å². The Morgan fingerprint density at radius 1 is 1.19 bits per heavy atom. The fourth-order valence-corrected chi connectivity index (χ4v) is 4.49. The number of hydrogen-bond acceptors (Lipinski definition) is 3. The number of nitrogens with zero attached hydrogens (tertiary/aromatic N) is 1. The first-order valence-electron chi connectivity index (χ1n) is 9.06. The van der Waals surface area contributed by atoms with Crippen LogP contribution in [0.3, 0.4) is 0 Å². The summed E-state index contributed by atoms with van der Waals surface area (Å²) in [4.78, 5) is 2.87. The van der Waals surface area contributed by atoms with E-state index in [1.54, 1.807) is 0 Å². The number of ether oxygens (including phenoxy) is 1. The third-order valence-electron chi connectivity index (χ3n) is 6.08. The van der Waals surface area contributed by atoms with Crippen molar-refractivity contribution >= 4 is 0 Å². The Kier molecular flexibility index (Phi) is 4.63. The second kappa shape index (κ2) is 6.17. The minimum Gasteiger partial charge on any atom is -0.381 e. The monoisotopic (exact) mass is 294 g/mol. The maximum absolute atomic E-state index is 5.63. The van der Waals surface area contributed by atoms with E-state index in [0.717, 1.165) is 19.1 Å². The van der Waals surface area contributed by atoms with Crippen molar-refractivity contribution in [2.45, 2.75) is 70.9 Å². The van der Waals surface area contributed by atoms with Crippen molar-refractivity contribution in [2.24, 2.45) is 11.3 Å². The molecule has 2 aliphatic heterocycles. The van der Waals surface area contributed by atoms with Crippen molar-refractivity contribution in [3.8, 4) is 0 Å². The van der Waals surface area contributed by atoms with Gasteiger partial charge in [0.05, 0.1) is 6.61 Å². The predicted octanol–water partition coefficient (Wildman–Crippen LogP) is 3.05. The van der Waals surface area contributed by atoms with E-state index in [1.165, 1.54) is 58.2 Å². The van der Waals surface area contributed by atoms with Crippen LogP contribution in [-0.4, -0.2) is 49.3 Å². The topological polar surface area (TPSA) is 24.5 Å². The molecule has 1 aliphatic carbocycles. The van der Waals surface area contributed by atoms with Crippen LogP contribution in [0.25, 0.3) is 0 Å². The van der Waals surface area contributed by atoms with E-state index in [-0.39, 0.29) is 0 Å². The van der Waals surface area contributed by atoms with E-state index in [4.69, 9.17) is 4.74 Å². The van der Waals surface area contributed by atoms with E-state index < -0.39 is 0 Å². The van der Waals surface area contributed by atoms with Crippen LogP contribution in [0.2, 0.25) is 0 Å². The first-order valence-corrected chi connectivity index (χ1v) is 9.06. The van der Waals surface area contributed by atoms with Crippen molar-refractivity contribution in [3.63, 3.8) is 0 Å². The molecule has 21 heavy (non-hydrogen) atoms. The van der Waals surface area contributed by atoms with Crippen molar-refractivity contribution < 1.29 is 4.74 Å². The fraction of sp³-hybridized carbons (Fsp3) is 1.00. The molecule has 0 aromatic carbocycles. The summed E-state index contributed by atoms with van der Waals surface area (Å²) in [7, 11) is 0. The summed E-state index contributed by atoms with van der Waals surface area (Å²) in [5.74, 6) is 0.766. The molecule has 2 atom stereocenters. The molecule has 3 nitrogen and oxygen atoms in total. The van der Waals surface area contributed by atoms with Crippen LogP contribution in [0.4, 0.5) is 0 Å². The standard InChI is InChI=1S/C18H34N2O/c1-17(2,3)16-12-20(11-15-7-10-21-13-15)18(14-19-16)8-5-4-6-9-18/h15-16,19H,4-14H2,1-3H3. The van der Waals surface area contributed by atoms with Crippen LogP contribution >= 0.6 is 0 Å². The average Bonchev–Trinajstić information content (AvgIpc) is 2.94.